The summed E-state index contributed by atoms with van der Waals surface area (Å²) in [4.78, 5) is 3.22. The molecule has 0 aliphatic carbocycles. The van der Waals surface area contributed by atoms with Crippen molar-refractivity contribution in [3.8, 4) is 5.75 Å². The van der Waals surface area contributed by atoms with E-state index in [0.29, 0.717) is 6.07 Å². The number of ether oxygens (including phenoxy) is 1. The van der Waals surface area contributed by atoms with Crippen LogP contribution in [0.1, 0.15) is 0 Å². The van der Waals surface area contributed by atoms with Gasteiger partial charge in [0.1, 0.15) is 4.60 Å². The van der Waals surface area contributed by atoms with Crippen molar-refractivity contribution < 1.29 is 22.3 Å². The van der Waals surface area contributed by atoms with Crippen molar-refractivity contribution in [3.05, 3.63) is 21.1 Å². The molecule has 0 aliphatic heterocycles. The lowest BCUT2D eigenvalue weighted by Crippen LogP contribution is -2.17. The number of nitrogens with zero attached hydrogens (tertiary/aromatic N) is 1. The molecular weight excluding hydrogens is 338 g/mol. The predicted octanol–water partition coefficient (Wildman–Crippen LogP) is 3.64. The molecule has 0 radical (unpaired) electrons. The standard InChI is InChI=1S/C6HBr2F4NO/c7-4-2(14-6(10,11)12)1-3(9)13-5(4)8/h1H. The van der Waals surface area contributed by atoms with E-state index in [1.807, 2.05) is 0 Å². The van der Waals surface area contributed by atoms with Crippen LogP contribution in [0, 0.1) is 5.95 Å². The van der Waals surface area contributed by atoms with E-state index >= 15 is 0 Å². The normalized spacial score (nSPS) is 11.6. The Kier molecular flexibility index (Phi) is 3.36. The molecule has 14 heavy (non-hydrogen) atoms. The molecule has 0 aliphatic rings. The van der Waals surface area contributed by atoms with Gasteiger partial charge in [0.25, 0.3) is 0 Å². The molecule has 1 aromatic heterocycles. The van der Waals surface area contributed by atoms with Gasteiger partial charge in [-0.2, -0.15) is 4.39 Å². The maximum absolute atomic E-state index is 12.6. The van der Waals surface area contributed by atoms with Crippen LogP contribution in [0.25, 0.3) is 0 Å². The lowest BCUT2D eigenvalue weighted by atomic mass is 10.4. The smallest absolute Gasteiger partial charge is 0.404 e. The number of pyridine rings is 1. The maximum atomic E-state index is 12.6. The average Bonchev–Trinajstić information content (AvgIpc) is 1.96. The van der Waals surface area contributed by atoms with Crippen LogP contribution in [0.3, 0.4) is 0 Å². The second-order valence-corrected chi connectivity index (χ2v) is 3.64. The lowest BCUT2D eigenvalue weighted by molar-refractivity contribution is -0.275. The molecule has 0 spiro atoms. The van der Waals surface area contributed by atoms with Crippen LogP contribution in [0.5, 0.6) is 5.75 Å². The van der Waals surface area contributed by atoms with Crippen molar-refractivity contribution in [1.29, 1.82) is 0 Å². The lowest BCUT2D eigenvalue weighted by Gasteiger charge is -2.10. The topological polar surface area (TPSA) is 22.1 Å². The summed E-state index contributed by atoms with van der Waals surface area (Å²) in [7, 11) is 0. The molecule has 0 N–H and O–H groups in total. The van der Waals surface area contributed by atoms with Gasteiger partial charge in [0.15, 0.2) is 5.75 Å². The highest BCUT2D eigenvalue weighted by Crippen LogP contribution is 2.34. The van der Waals surface area contributed by atoms with Crippen LogP contribution in [0.4, 0.5) is 17.6 Å². The van der Waals surface area contributed by atoms with Gasteiger partial charge < -0.3 is 4.74 Å². The van der Waals surface area contributed by atoms with Crippen LogP contribution >= 0.6 is 31.9 Å². The monoisotopic (exact) mass is 337 g/mol. The van der Waals surface area contributed by atoms with Crippen molar-refractivity contribution in [2.75, 3.05) is 0 Å². The third-order valence-electron chi connectivity index (χ3n) is 1.08. The first-order chi connectivity index (χ1) is 6.29. The summed E-state index contributed by atoms with van der Waals surface area (Å²) < 4.78 is 51.3. The first-order valence-corrected chi connectivity index (χ1v) is 4.65. The minimum atomic E-state index is -4.87. The van der Waals surface area contributed by atoms with E-state index in [-0.39, 0.29) is 9.08 Å². The summed E-state index contributed by atoms with van der Waals surface area (Å²) in [6, 6.07) is 0.530. The molecule has 8 heteroatoms. The van der Waals surface area contributed by atoms with E-state index in [1.54, 1.807) is 0 Å². The van der Waals surface area contributed by atoms with Crippen molar-refractivity contribution >= 4 is 31.9 Å². The van der Waals surface area contributed by atoms with Crippen molar-refractivity contribution in [2.45, 2.75) is 6.36 Å². The van der Waals surface area contributed by atoms with Crippen LogP contribution in [-0.4, -0.2) is 11.3 Å². The molecule has 0 atom stereocenters. The highest BCUT2D eigenvalue weighted by molar-refractivity contribution is 9.13. The highest BCUT2D eigenvalue weighted by atomic mass is 79.9. The van der Waals surface area contributed by atoms with Gasteiger partial charge in [0.05, 0.1) is 4.47 Å². The minimum Gasteiger partial charge on any atom is -0.404 e. The fourth-order valence-electron chi connectivity index (χ4n) is 0.647. The zero-order valence-electron chi connectivity index (χ0n) is 6.20. The summed E-state index contributed by atoms with van der Waals surface area (Å²) in [6.07, 6.45) is -4.87. The number of hydrogen-bond acceptors (Lipinski definition) is 2. The summed E-state index contributed by atoms with van der Waals surface area (Å²) in [6.45, 7) is 0. The van der Waals surface area contributed by atoms with Crippen LogP contribution in [0.2, 0.25) is 0 Å². The SMILES string of the molecule is Fc1cc(OC(F)(F)F)c(Br)c(Br)n1. The van der Waals surface area contributed by atoms with Gasteiger partial charge in [-0.25, -0.2) is 4.98 Å². The molecule has 1 heterocycles. The van der Waals surface area contributed by atoms with Crippen LogP contribution in [-0.2, 0) is 0 Å². The Labute approximate surface area is 92.5 Å². The molecule has 2 nitrogen and oxygen atoms in total. The van der Waals surface area contributed by atoms with E-state index in [9.17, 15) is 17.6 Å². The highest BCUT2D eigenvalue weighted by Gasteiger charge is 2.32. The zero-order valence-corrected chi connectivity index (χ0v) is 9.37. The van der Waals surface area contributed by atoms with Gasteiger partial charge in [-0.15, -0.1) is 13.2 Å². The molecule has 0 unspecified atom stereocenters. The second kappa shape index (κ2) is 4.01. The Balaban J connectivity index is 3.09. The van der Waals surface area contributed by atoms with E-state index < -0.39 is 18.1 Å². The first-order valence-electron chi connectivity index (χ1n) is 3.07. The van der Waals surface area contributed by atoms with Crippen molar-refractivity contribution in [3.63, 3.8) is 0 Å². The molecule has 1 aromatic rings. The quantitative estimate of drug-likeness (QED) is 0.576. The summed E-state index contributed by atoms with van der Waals surface area (Å²) in [5.74, 6) is -1.75. The molecule has 0 aromatic carbocycles. The van der Waals surface area contributed by atoms with E-state index in [0.717, 1.165) is 0 Å². The molecule has 0 saturated heterocycles. The van der Waals surface area contributed by atoms with E-state index in [2.05, 4.69) is 41.6 Å². The van der Waals surface area contributed by atoms with E-state index in [4.69, 9.17) is 0 Å². The average molecular weight is 339 g/mol. The molecule has 0 saturated carbocycles. The predicted molar refractivity (Wildman–Crippen MR) is 46.3 cm³/mol. The molecule has 0 fully saturated rings. The van der Waals surface area contributed by atoms with Crippen LogP contribution < -0.4 is 4.74 Å². The minimum absolute atomic E-state index is 0.100. The Bertz CT molecular complexity index is 354. The first kappa shape index (κ1) is 11.7. The number of rotatable bonds is 1. The largest absolute Gasteiger partial charge is 0.573 e. The number of hydrogen-bond donors (Lipinski definition) is 0. The molecule has 1 rings (SSSR count). The van der Waals surface area contributed by atoms with Gasteiger partial charge in [-0.05, 0) is 31.9 Å². The fourth-order valence-corrected chi connectivity index (χ4v) is 1.30. The van der Waals surface area contributed by atoms with Gasteiger partial charge in [-0.3, -0.25) is 0 Å². The number of aromatic nitrogens is 1. The second-order valence-electron chi connectivity index (χ2n) is 2.10. The van der Waals surface area contributed by atoms with Crippen molar-refractivity contribution in [1.82, 2.24) is 4.98 Å². The van der Waals surface area contributed by atoms with Gasteiger partial charge in [-0.1, -0.05) is 0 Å². The van der Waals surface area contributed by atoms with Crippen LogP contribution in [0.15, 0.2) is 15.1 Å². The van der Waals surface area contributed by atoms with Gasteiger partial charge >= 0.3 is 6.36 Å². The number of halogens is 6. The summed E-state index contributed by atoms with van der Waals surface area (Å²) >= 11 is 5.53. The Morgan fingerprint density at radius 3 is 2.36 bits per heavy atom. The fraction of sp³-hybridized carbons (Fsp3) is 0.167. The Morgan fingerprint density at radius 2 is 1.86 bits per heavy atom. The number of alkyl halides is 3. The molecule has 0 bridgehead atoms. The third-order valence-corrected chi connectivity index (χ3v) is 2.95. The van der Waals surface area contributed by atoms with E-state index in [1.165, 1.54) is 0 Å². The van der Waals surface area contributed by atoms with Gasteiger partial charge in [0, 0.05) is 6.07 Å². The Hall–Kier alpha value is -0.370. The molecular formula is C6HBr2F4NO. The maximum Gasteiger partial charge on any atom is 0.573 e. The summed E-state index contributed by atoms with van der Waals surface area (Å²) in [5.41, 5.74) is 0. The van der Waals surface area contributed by atoms with Gasteiger partial charge in [0.2, 0.25) is 5.95 Å². The summed E-state index contributed by atoms with van der Waals surface area (Å²) in [5, 5.41) is 0. The third kappa shape index (κ3) is 3.09. The zero-order chi connectivity index (χ0) is 10.9. The Morgan fingerprint density at radius 1 is 1.29 bits per heavy atom. The van der Waals surface area contributed by atoms with Crippen molar-refractivity contribution in [2.24, 2.45) is 0 Å². The molecule has 0 amide bonds. The molecule has 78 valence electrons.